The number of sulfonamides is 1. The number of benzene rings is 1. The van der Waals surface area contributed by atoms with Gasteiger partial charge in [0, 0.05) is 43.6 Å². The molecule has 0 saturated carbocycles. The number of hydrogen-bond donors (Lipinski definition) is 0. The van der Waals surface area contributed by atoms with Crippen LogP contribution in [0.15, 0.2) is 42.7 Å². The molecule has 1 saturated heterocycles. The summed E-state index contributed by atoms with van der Waals surface area (Å²) >= 11 is 0. The predicted molar refractivity (Wildman–Crippen MR) is 105 cm³/mol. The summed E-state index contributed by atoms with van der Waals surface area (Å²) in [6.07, 6.45) is 6.82. The quantitative estimate of drug-likeness (QED) is 0.813. The van der Waals surface area contributed by atoms with Crippen LogP contribution in [0, 0.1) is 5.92 Å². The van der Waals surface area contributed by atoms with Gasteiger partial charge in [-0.15, -0.1) is 0 Å². The molecule has 6 nitrogen and oxygen atoms in total. The van der Waals surface area contributed by atoms with E-state index in [0.29, 0.717) is 32.5 Å². The SMILES string of the molecule is CS(=O)(=O)N1CCC(C(=O)N2CCc3cc(-c4ccncc4)ccc32)CC1. The molecule has 0 spiro atoms. The van der Waals surface area contributed by atoms with Gasteiger partial charge in [0.25, 0.3) is 0 Å². The zero-order valence-electron chi connectivity index (χ0n) is 15.3. The van der Waals surface area contributed by atoms with E-state index in [1.807, 2.05) is 29.2 Å². The standard InChI is InChI=1S/C20H23N3O3S/c1-27(25,26)22-11-6-16(7-12-22)20(24)23-13-8-18-14-17(2-3-19(18)23)15-4-9-21-10-5-15/h2-5,9-10,14,16H,6-8,11-13H2,1H3. The molecule has 1 aromatic heterocycles. The Kier molecular flexibility index (Phi) is 4.74. The van der Waals surface area contributed by atoms with Crippen molar-refractivity contribution < 1.29 is 13.2 Å². The molecule has 4 rings (SSSR count). The highest BCUT2D eigenvalue weighted by atomic mass is 32.2. The molecule has 0 aliphatic carbocycles. The maximum Gasteiger partial charge on any atom is 0.230 e. The average Bonchev–Trinajstić information content (AvgIpc) is 3.11. The minimum atomic E-state index is -3.17. The molecule has 0 bridgehead atoms. The number of aromatic nitrogens is 1. The summed E-state index contributed by atoms with van der Waals surface area (Å²) in [4.78, 5) is 19.0. The van der Waals surface area contributed by atoms with Crippen molar-refractivity contribution in [2.75, 3.05) is 30.8 Å². The van der Waals surface area contributed by atoms with Crippen LogP contribution in [0.3, 0.4) is 0 Å². The lowest BCUT2D eigenvalue weighted by Crippen LogP contribution is -2.43. The second-order valence-electron chi connectivity index (χ2n) is 7.26. The van der Waals surface area contributed by atoms with Crippen LogP contribution in [0.4, 0.5) is 5.69 Å². The number of nitrogens with zero attached hydrogens (tertiary/aromatic N) is 3. The van der Waals surface area contributed by atoms with Gasteiger partial charge in [-0.2, -0.15) is 0 Å². The number of fused-ring (bicyclic) bond motifs is 1. The molecule has 2 aliphatic rings. The molecule has 1 aromatic carbocycles. The fourth-order valence-corrected chi connectivity index (χ4v) is 4.88. The van der Waals surface area contributed by atoms with Gasteiger partial charge in [-0.05, 0) is 60.2 Å². The Labute approximate surface area is 159 Å². The lowest BCUT2D eigenvalue weighted by atomic mass is 9.96. The molecule has 0 unspecified atom stereocenters. The normalized spacial score (nSPS) is 18.5. The molecule has 0 radical (unpaired) electrons. The van der Waals surface area contributed by atoms with E-state index in [1.54, 1.807) is 12.4 Å². The summed E-state index contributed by atoms with van der Waals surface area (Å²) < 4.78 is 24.8. The molecule has 1 fully saturated rings. The fraction of sp³-hybridized carbons (Fsp3) is 0.400. The molecule has 2 aromatic rings. The first-order valence-electron chi connectivity index (χ1n) is 9.23. The van der Waals surface area contributed by atoms with Gasteiger partial charge in [-0.25, -0.2) is 12.7 Å². The molecular weight excluding hydrogens is 362 g/mol. The Balaban J connectivity index is 1.49. The first-order valence-corrected chi connectivity index (χ1v) is 11.1. The van der Waals surface area contributed by atoms with Crippen LogP contribution in [0.25, 0.3) is 11.1 Å². The van der Waals surface area contributed by atoms with Gasteiger partial charge in [0.1, 0.15) is 0 Å². The van der Waals surface area contributed by atoms with Crippen LogP contribution in [0.5, 0.6) is 0 Å². The number of carbonyl (C=O) groups excluding carboxylic acids is 1. The van der Waals surface area contributed by atoms with Crippen LogP contribution in [-0.2, 0) is 21.2 Å². The fourth-order valence-electron chi connectivity index (χ4n) is 4.01. The first kappa shape index (κ1) is 18.1. The highest BCUT2D eigenvalue weighted by molar-refractivity contribution is 7.88. The van der Waals surface area contributed by atoms with Crippen molar-refractivity contribution >= 4 is 21.6 Å². The largest absolute Gasteiger partial charge is 0.312 e. The van der Waals surface area contributed by atoms with Crippen molar-refractivity contribution in [2.45, 2.75) is 19.3 Å². The van der Waals surface area contributed by atoms with E-state index < -0.39 is 10.0 Å². The van der Waals surface area contributed by atoms with Crippen molar-refractivity contribution in [3.8, 4) is 11.1 Å². The van der Waals surface area contributed by atoms with E-state index in [9.17, 15) is 13.2 Å². The van der Waals surface area contributed by atoms with E-state index >= 15 is 0 Å². The van der Waals surface area contributed by atoms with Crippen molar-refractivity contribution in [2.24, 2.45) is 5.92 Å². The molecule has 0 N–H and O–H groups in total. The van der Waals surface area contributed by atoms with Gasteiger partial charge in [-0.1, -0.05) is 6.07 Å². The molecule has 2 aliphatic heterocycles. The summed E-state index contributed by atoms with van der Waals surface area (Å²) in [6.45, 7) is 1.55. The summed E-state index contributed by atoms with van der Waals surface area (Å²) in [6, 6.07) is 10.2. The number of amides is 1. The number of pyridine rings is 1. The van der Waals surface area contributed by atoms with Gasteiger partial charge in [0.15, 0.2) is 0 Å². The minimum Gasteiger partial charge on any atom is -0.312 e. The van der Waals surface area contributed by atoms with E-state index in [1.165, 1.54) is 16.1 Å². The minimum absolute atomic E-state index is 0.103. The third-order valence-corrected chi connectivity index (χ3v) is 6.83. The zero-order valence-corrected chi connectivity index (χ0v) is 16.2. The molecular formula is C20H23N3O3S. The zero-order chi connectivity index (χ0) is 19.0. The highest BCUT2D eigenvalue weighted by Crippen LogP contribution is 2.34. The lowest BCUT2D eigenvalue weighted by Gasteiger charge is -2.31. The van der Waals surface area contributed by atoms with E-state index in [2.05, 4.69) is 11.1 Å². The first-order chi connectivity index (χ1) is 12.9. The van der Waals surface area contributed by atoms with Crippen LogP contribution < -0.4 is 4.90 Å². The predicted octanol–water partition coefficient (Wildman–Crippen LogP) is 2.31. The molecule has 7 heteroatoms. The van der Waals surface area contributed by atoms with Gasteiger partial charge in [0.05, 0.1) is 6.26 Å². The number of anilines is 1. The maximum absolute atomic E-state index is 13.0. The Morgan fingerprint density at radius 1 is 1.04 bits per heavy atom. The maximum atomic E-state index is 13.0. The molecule has 27 heavy (non-hydrogen) atoms. The topological polar surface area (TPSA) is 70.6 Å². The van der Waals surface area contributed by atoms with Gasteiger partial charge in [-0.3, -0.25) is 9.78 Å². The second kappa shape index (κ2) is 7.05. The molecule has 3 heterocycles. The second-order valence-corrected chi connectivity index (χ2v) is 9.24. The van der Waals surface area contributed by atoms with Crippen LogP contribution in [0.1, 0.15) is 18.4 Å². The summed E-state index contributed by atoms with van der Waals surface area (Å²) in [7, 11) is -3.17. The number of rotatable bonds is 3. The Morgan fingerprint density at radius 3 is 2.41 bits per heavy atom. The van der Waals surface area contributed by atoms with Crippen LogP contribution >= 0.6 is 0 Å². The highest BCUT2D eigenvalue weighted by Gasteiger charge is 2.34. The Morgan fingerprint density at radius 2 is 1.74 bits per heavy atom. The van der Waals surface area contributed by atoms with E-state index in [0.717, 1.165) is 23.2 Å². The van der Waals surface area contributed by atoms with Crippen molar-refractivity contribution in [3.63, 3.8) is 0 Å². The lowest BCUT2D eigenvalue weighted by molar-refractivity contribution is -0.123. The smallest absolute Gasteiger partial charge is 0.230 e. The van der Waals surface area contributed by atoms with Crippen molar-refractivity contribution in [1.29, 1.82) is 0 Å². The van der Waals surface area contributed by atoms with E-state index in [4.69, 9.17) is 0 Å². The van der Waals surface area contributed by atoms with Gasteiger partial charge >= 0.3 is 0 Å². The van der Waals surface area contributed by atoms with Crippen LogP contribution in [0.2, 0.25) is 0 Å². The van der Waals surface area contributed by atoms with Crippen molar-refractivity contribution in [3.05, 3.63) is 48.3 Å². The molecule has 1 amide bonds. The number of carbonyl (C=O) groups is 1. The number of hydrogen-bond acceptors (Lipinski definition) is 4. The Hall–Kier alpha value is -2.25. The van der Waals surface area contributed by atoms with E-state index in [-0.39, 0.29) is 11.8 Å². The van der Waals surface area contributed by atoms with Gasteiger partial charge in [0.2, 0.25) is 15.9 Å². The average molecular weight is 385 g/mol. The monoisotopic (exact) mass is 385 g/mol. The third kappa shape index (κ3) is 3.61. The van der Waals surface area contributed by atoms with Crippen molar-refractivity contribution in [1.82, 2.24) is 9.29 Å². The van der Waals surface area contributed by atoms with Crippen LogP contribution in [-0.4, -0.2) is 49.5 Å². The molecule has 142 valence electrons. The Bertz CT molecular complexity index is 952. The summed E-state index contributed by atoms with van der Waals surface area (Å²) in [5.41, 5.74) is 4.42. The third-order valence-electron chi connectivity index (χ3n) is 5.53. The summed E-state index contributed by atoms with van der Waals surface area (Å²) in [5.74, 6) is 0.0207. The number of piperidine rings is 1. The molecule has 0 atom stereocenters. The summed E-state index contributed by atoms with van der Waals surface area (Å²) in [5, 5.41) is 0. The van der Waals surface area contributed by atoms with Gasteiger partial charge < -0.3 is 4.90 Å².